The largest absolute Gasteiger partial charge is 0.494 e. The maximum absolute atomic E-state index is 11.5. The number of rotatable bonds is 10. The number of nitrogens with one attached hydrogen (secondary N) is 2. The van der Waals surface area contributed by atoms with Gasteiger partial charge in [0.05, 0.1) is 19.6 Å². The number of methoxy groups -OCH3 is 1. The number of hydrogen-bond donors (Lipinski definition) is 2. The molecule has 0 radical (unpaired) electrons. The summed E-state index contributed by atoms with van der Waals surface area (Å²) in [5.74, 6) is 0.766. The van der Waals surface area contributed by atoms with Gasteiger partial charge < -0.3 is 20.1 Å². The Kier molecular flexibility index (Phi) is 8.42. The van der Waals surface area contributed by atoms with E-state index in [1.165, 1.54) is 0 Å². The summed E-state index contributed by atoms with van der Waals surface area (Å²) in [6.07, 6.45) is 1.34. The summed E-state index contributed by atoms with van der Waals surface area (Å²) in [5.41, 5.74) is 0.770. The molecule has 0 saturated carbocycles. The van der Waals surface area contributed by atoms with Gasteiger partial charge in [-0.05, 0) is 43.8 Å². The molecule has 0 aliphatic heterocycles. The fourth-order valence-electron chi connectivity index (χ4n) is 1.62. The predicted molar refractivity (Wildman–Crippen MR) is 80.2 cm³/mol. The third-order valence-electron chi connectivity index (χ3n) is 2.69. The number of amides is 1. The highest BCUT2D eigenvalue weighted by atomic mass is 16.5. The van der Waals surface area contributed by atoms with Crippen LogP contribution in [0.15, 0.2) is 24.3 Å². The second-order valence-corrected chi connectivity index (χ2v) is 4.37. The van der Waals surface area contributed by atoms with Crippen molar-refractivity contribution in [1.29, 1.82) is 0 Å². The van der Waals surface area contributed by atoms with Crippen molar-refractivity contribution in [1.82, 2.24) is 5.32 Å². The minimum absolute atomic E-state index is 0.0499. The van der Waals surface area contributed by atoms with Gasteiger partial charge in [-0.1, -0.05) is 6.92 Å². The first-order chi connectivity index (χ1) is 9.76. The SMILES string of the molecule is CCNCCCOc1ccc(NC(=O)CCOC)cc1. The van der Waals surface area contributed by atoms with E-state index >= 15 is 0 Å². The molecule has 0 fully saturated rings. The third-order valence-corrected chi connectivity index (χ3v) is 2.69. The summed E-state index contributed by atoms with van der Waals surface area (Å²) in [4.78, 5) is 11.5. The molecule has 0 aliphatic carbocycles. The van der Waals surface area contributed by atoms with Gasteiger partial charge in [-0.15, -0.1) is 0 Å². The third kappa shape index (κ3) is 7.11. The van der Waals surface area contributed by atoms with E-state index in [0.717, 1.165) is 30.9 Å². The van der Waals surface area contributed by atoms with Gasteiger partial charge in [-0.3, -0.25) is 4.79 Å². The van der Waals surface area contributed by atoms with Crippen LogP contribution in [-0.2, 0) is 9.53 Å². The highest BCUT2D eigenvalue weighted by Gasteiger charge is 2.02. The maximum atomic E-state index is 11.5. The molecule has 0 heterocycles. The number of carbonyl (C=O) groups is 1. The average Bonchev–Trinajstić information content (AvgIpc) is 2.46. The van der Waals surface area contributed by atoms with Crippen molar-refractivity contribution in [3.63, 3.8) is 0 Å². The molecule has 2 N–H and O–H groups in total. The van der Waals surface area contributed by atoms with Gasteiger partial charge in [0.1, 0.15) is 5.75 Å². The lowest BCUT2D eigenvalue weighted by atomic mass is 10.3. The molecule has 0 atom stereocenters. The summed E-state index contributed by atoms with van der Waals surface area (Å²) in [6.45, 7) is 5.15. The Labute approximate surface area is 120 Å². The van der Waals surface area contributed by atoms with Crippen LogP contribution in [0.25, 0.3) is 0 Å². The van der Waals surface area contributed by atoms with E-state index in [2.05, 4.69) is 17.6 Å². The molecule has 0 aromatic heterocycles. The topological polar surface area (TPSA) is 59.6 Å². The van der Waals surface area contributed by atoms with Gasteiger partial charge in [-0.2, -0.15) is 0 Å². The minimum Gasteiger partial charge on any atom is -0.494 e. The Bertz CT molecular complexity index is 379. The summed E-state index contributed by atoms with van der Waals surface area (Å²) < 4.78 is 10.5. The van der Waals surface area contributed by atoms with E-state index in [0.29, 0.717) is 19.6 Å². The van der Waals surface area contributed by atoms with E-state index < -0.39 is 0 Å². The molecule has 1 aromatic carbocycles. The van der Waals surface area contributed by atoms with E-state index in [1.54, 1.807) is 7.11 Å². The maximum Gasteiger partial charge on any atom is 0.226 e. The Hall–Kier alpha value is -1.59. The van der Waals surface area contributed by atoms with Crippen molar-refractivity contribution in [2.24, 2.45) is 0 Å². The number of benzene rings is 1. The molecule has 5 nitrogen and oxygen atoms in total. The van der Waals surface area contributed by atoms with Crippen molar-refractivity contribution in [3.8, 4) is 5.75 Å². The van der Waals surface area contributed by atoms with E-state index in [1.807, 2.05) is 24.3 Å². The number of ether oxygens (including phenoxy) is 2. The fraction of sp³-hybridized carbons (Fsp3) is 0.533. The van der Waals surface area contributed by atoms with E-state index in [4.69, 9.17) is 9.47 Å². The zero-order valence-corrected chi connectivity index (χ0v) is 12.3. The van der Waals surface area contributed by atoms with E-state index in [-0.39, 0.29) is 5.91 Å². The van der Waals surface area contributed by atoms with Crippen LogP contribution in [0, 0.1) is 0 Å². The van der Waals surface area contributed by atoms with Gasteiger partial charge in [0.2, 0.25) is 5.91 Å². The predicted octanol–water partition coefficient (Wildman–Crippen LogP) is 2.04. The van der Waals surface area contributed by atoms with Crippen LogP contribution in [0.2, 0.25) is 0 Å². The lowest BCUT2D eigenvalue weighted by molar-refractivity contribution is -0.117. The molecule has 0 unspecified atom stereocenters. The quantitative estimate of drug-likeness (QED) is 0.644. The van der Waals surface area contributed by atoms with Gasteiger partial charge in [0.15, 0.2) is 0 Å². The zero-order valence-electron chi connectivity index (χ0n) is 12.3. The van der Waals surface area contributed by atoms with Crippen LogP contribution in [0.3, 0.4) is 0 Å². The summed E-state index contributed by atoms with van der Waals surface area (Å²) in [6, 6.07) is 7.40. The molecule has 20 heavy (non-hydrogen) atoms. The molecule has 0 saturated heterocycles. The van der Waals surface area contributed by atoms with Crippen LogP contribution in [0.1, 0.15) is 19.8 Å². The zero-order chi connectivity index (χ0) is 14.6. The second kappa shape index (κ2) is 10.2. The normalized spacial score (nSPS) is 10.3. The van der Waals surface area contributed by atoms with Gasteiger partial charge >= 0.3 is 0 Å². The van der Waals surface area contributed by atoms with Gasteiger partial charge in [-0.25, -0.2) is 0 Å². The van der Waals surface area contributed by atoms with Crippen LogP contribution < -0.4 is 15.4 Å². The molecular weight excluding hydrogens is 256 g/mol. The first kappa shape index (κ1) is 16.5. The first-order valence-corrected chi connectivity index (χ1v) is 6.98. The number of hydrogen-bond acceptors (Lipinski definition) is 4. The molecular formula is C15H24N2O3. The van der Waals surface area contributed by atoms with Crippen molar-refractivity contribution < 1.29 is 14.3 Å². The number of anilines is 1. The second-order valence-electron chi connectivity index (χ2n) is 4.37. The lowest BCUT2D eigenvalue weighted by Crippen LogP contribution is -2.16. The summed E-state index contributed by atoms with van der Waals surface area (Å²) in [5, 5.41) is 6.05. The van der Waals surface area contributed by atoms with Crippen LogP contribution >= 0.6 is 0 Å². The standard InChI is InChI=1S/C15H24N2O3/c1-3-16-10-4-11-20-14-7-5-13(6-8-14)17-15(18)9-12-19-2/h5-8,16H,3-4,9-12H2,1-2H3,(H,17,18). The Morgan fingerprint density at radius 1 is 1.20 bits per heavy atom. The molecule has 5 heteroatoms. The lowest BCUT2D eigenvalue weighted by Gasteiger charge is -2.08. The number of carbonyl (C=O) groups excluding carboxylic acids is 1. The Morgan fingerprint density at radius 3 is 2.60 bits per heavy atom. The van der Waals surface area contributed by atoms with Crippen molar-refractivity contribution in [3.05, 3.63) is 24.3 Å². The average molecular weight is 280 g/mol. The fourth-order valence-corrected chi connectivity index (χ4v) is 1.62. The van der Waals surface area contributed by atoms with Gasteiger partial charge in [0, 0.05) is 12.8 Å². The summed E-state index contributed by atoms with van der Waals surface area (Å²) >= 11 is 0. The molecule has 0 spiro atoms. The smallest absolute Gasteiger partial charge is 0.226 e. The highest BCUT2D eigenvalue weighted by molar-refractivity contribution is 5.90. The van der Waals surface area contributed by atoms with Crippen LogP contribution in [0.5, 0.6) is 5.75 Å². The summed E-state index contributed by atoms with van der Waals surface area (Å²) in [7, 11) is 1.58. The molecule has 0 bridgehead atoms. The molecule has 1 rings (SSSR count). The molecule has 0 aliphatic rings. The Balaban J connectivity index is 2.27. The molecule has 1 aromatic rings. The van der Waals surface area contributed by atoms with Crippen LogP contribution in [-0.4, -0.2) is 39.3 Å². The monoisotopic (exact) mass is 280 g/mol. The first-order valence-electron chi connectivity index (χ1n) is 6.98. The Morgan fingerprint density at radius 2 is 1.95 bits per heavy atom. The molecule has 112 valence electrons. The van der Waals surface area contributed by atoms with Crippen molar-refractivity contribution in [2.45, 2.75) is 19.8 Å². The van der Waals surface area contributed by atoms with Crippen molar-refractivity contribution >= 4 is 11.6 Å². The van der Waals surface area contributed by atoms with E-state index in [9.17, 15) is 4.79 Å². The van der Waals surface area contributed by atoms with Crippen molar-refractivity contribution in [2.75, 3.05) is 38.7 Å². The minimum atomic E-state index is -0.0499. The molecule has 1 amide bonds. The highest BCUT2D eigenvalue weighted by Crippen LogP contribution is 2.15. The van der Waals surface area contributed by atoms with Crippen LogP contribution in [0.4, 0.5) is 5.69 Å². The van der Waals surface area contributed by atoms with Gasteiger partial charge in [0.25, 0.3) is 0 Å².